The summed E-state index contributed by atoms with van der Waals surface area (Å²) < 4.78 is 45.1. The number of rotatable bonds is 5. The summed E-state index contributed by atoms with van der Waals surface area (Å²) in [5, 5.41) is 9.59. The molecule has 4 rings (SSSR count). The molecule has 0 spiro atoms. The van der Waals surface area contributed by atoms with Gasteiger partial charge in [-0.3, -0.25) is 14.6 Å². The Morgan fingerprint density at radius 3 is 2.27 bits per heavy atom. The fourth-order valence-electron chi connectivity index (χ4n) is 4.08. The molecule has 1 aliphatic heterocycles. The van der Waals surface area contributed by atoms with Gasteiger partial charge in [-0.15, -0.1) is 0 Å². The highest BCUT2D eigenvalue weighted by molar-refractivity contribution is 5.99. The van der Waals surface area contributed by atoms with Crippen LogP contribution in [0.25, 0.3) is 22.4 Å². The Balaban J connectivity index is 1.78. The molecule has 7 nitrogen and oxygen atoms in total. The second-order valence-corrected chi connectivity index (χ2v) is 9.70. The number of carbonyl (C=O) groups is 2. The first-order valence-electron chi connectivity index (χ1n) is 11.5. The van der Waals surface area contributed by atoms with Gasteiger partial charge in [0.05, 0.1) is 5.69 Å². The maximum atomic E-state index is 13.2. The van der Waals surface area contributed by atoms with Crippen molar-refractivity contribution in [1.29, 1.82) is 0 Å². The zero-order chi connectivity index (χ0) is 27.0. The lowest BCUT2D eigenvalue weighted by molar-refractivity contribution is -0.134. The van der Waals surface area contributed by atoms with Crippen LogP contribution in [0.4, 0.5) is 23.7 Å². The number of hydrogen-bond acceptors (Lipinski definition) is 4. The Kier molecular flexibility index (Phi) is 6.86. The van der Waals surface area contributed by atoms with E-state index in [4.69, 9.17) is 4.74 Å². The third-order valence-electron chi connectivity index (χ3n) is 5.92. The molecule has 0 saturated carbocycles. The quantitative estimate of drug-likeness (QED) is 0.454. The Labute approximate surface area is 212 Å². The number of carbonyl (C=O) groups excluding carboxylic acids is 1. The monoisotopic (exact) mass is 513 g/mol. The van der Waals surface area contributed by atoms with Gasteiger partial charge in [0.15, 0.2) is 6.61 Å². The van der Waals surface area contributed by atoms with Crippen molar-refractivity contribution in [2.45, 2.75) is 39.0 Å². The molecule has 2 heterocycles. The predicted octanol–water partition coefficient (Wildman–Crippen LogP) is 5.98. The summed E-state index contributed by atoms with van der Waals surface area (Å²) >= 11 is 0. The highest BCUT2D eigenvalue weighted by Crippen LogP contribution is 2.41. The van der Waals surface area contributed by atoms with E-state index in [0.717, 1.165) is 5.56 Å². The molecule has 0 fully saturated rings. The van der Waals surface area contributed by atoms with Gasteiger partial charge >= 0.3 is 12.3 Å². The highest BCUT2D eigenvalue weighted by Gasteiger charge is 2.38. The fraction of sp³-hybridized carbons (Fsp3) is 0.296. The van der Waals surface area contributed by atoms with E-state index < -0.39 is 36.9 Å². The molecule has 0 unspecified atom stereocenters. The summed E-state index contributed by atoms with van der Waals surface area (Å²) in [6.07, 6.45) is -5.63. The van der Waals surface area contributed by atoms with E-state index in [-0.39, 0.29) is 18.1 Å². The van der Waals surface area contributed by atoms with Crippen molar-refractivity contribution in [2.75, 3.05) is 18.1 Å². The van der Waals surface area contributed by atoms with Crippen LogP contribution in [0.5, 0.6) is 5.88 Å². The Morgan fingerprint density at radius 1 is 1.05 bits per heavy atom. The number of carboxylic acid groups (broad SMARTS) is 1. The first kappa shape index (κ1) is 26.0. The average molecular weight is 514 g/mol. The first-order valence-corrected chi connectivity index (χ1v) is 11.5. The van der Waals surface area contributed by atoms with Crippen molar-refractivity contribution in [3.8, 4) is 28.3 Å². The first-order chi connectivity index (χ1) is 17.3. The summed E-state index contributed by atoms with van der Waals surface area (Å²) in [5.74, 6) is -0.864. The number of halogens is 3. The number of aromatic nitrogens is 1. The van der Waals surface area contributed by atoms with E-state index >= 15 is 0 Å². The lowest BCUT2D eigenvalue weighted by atomic mass is 9.97. The van der Waals surface area contributed by atoms with Gasteiger partial charge in [-0.1, -0.05) is 54.6 Å². The van der Waals surface area contributed by atoms with Gasteiger partial charge in [-0.2, -0.15) is 13.2 Å². The number of fused-ring (bicyclic) bond motifs is 1. The molecule has 1 aromatic heterocycles. The van der Waals surface area contributed by atoms with E-state index in [2.05, 4.69) is 4.98 Å². The number of anilines is 1. The van der Waals surface area contributed by atoms with Gasteiger partial charge in [0.25, 0.3) is 5.91 Å². The minimum absolute atomic E-state index is 0.0462. The predicted molar refractivity (Wildman–Crippen MR) is 132 cm³/mol. The SMILES string of the molecule is CC(C)(C)N(Cc1ccc(-c2nc3c(cc2-c2ccccc2)N(CC(F)(F)F)C(=O)CO3)cc1)C(=O)O. The number of hydrogen-bond donors (Lipinski definition) is 1. The minimum Gasteiger partial charge on any atom is -0.466 e. The molecular weight excluding hydrogens is 487 g/mol. The lowest BCUT2D eigenvalue weighted by Crippen LogP contribution is -2.44. The fourth-order valence-corrected chi connectivity index (χ4v) is 4.08. The molecule has 0 bridgehead atoms. The molecule has 0 saturated heterocycles. The molecular formula is C27H26F3N3O4. The lowest BCUT2D eigenvalue weighted by Gasteiger charge is -2.33. The summed E-state index contributed by atoms with van der Waals surface area (Å²) in [4.78, 5) is 30.5. The van der Waals surface area contributed by atoms with Crippen LogP contribution < -0.4 is 9.64 Å². The third kappa shape index (κ3) is 5.84. The van der Waals surface area contributed by atoms with E-state index in [1.54, 1.807) is 48.5 Å². The number of ether oxygens (including phenoxy) is 1. The number of benzene rings is 2. The van der Waals surface area contributed by atoms with Crippen LogP contribution in [-0.4, -0.2) is 51.9 Å². The van der Waals surface area contributed by atoms with E-state index in [0.29, 0.717) is 27.3 Å². The third-order valence-corrected chi connectivity index (χ3v) is 5.92. The average Bonchev–Trinajstić information content (AvgIpc) is 2.83. The van der Waals surface area contributed by atoms with Crippen molar-refractivity contribution in [3.63, 3.8) is 0 Å². The number of pyridine rings is 1. The summed E-state index contributed by atoms with van der Waals surface area (Å²) in [6, 6.07) is 17.6. The molecule has 1 N–H and O–H groups in total. The summed E-state index contributed by atoms with van der Waals surface area (Å²) in [6.45, 7) is 3.62. The molecule has 0 radical (unpaired) electrons. The van der Waals surface area contributed by atoms with E-state index in [1.807, 2.05) is 26.8 Å². The van der Waals surface area contributed by atoms with E-state index in [1.165, 1.54) is 11.0 Å². The largest absolute Gasteiger partial charge is 0.466 e. The van der Waals surface area contributed by atoms with Gasteiger partial charge in [0.1, 0.15) is 12.2 Å². The second-order valence-electron chi connectivity index (χ2n) is 9.70. The molecule has 194 valence electrons. The van der Waals surface area contributed by atoms with Gasteiger partial charge in [-0.05, 0) is 38.0 Å². The Morgan fingerprint density at radius 2 is 1.70 bits per heavy atom. The molecule has 10 heteroatoms. The van der Waals surface area contributed by atoms with Crippen LogP contribution in [0.3, 0.4) is 0 Å². The highest BCUT2D eigenvalue weighted by atomic mass is 19.4. The topological polar surface area (TPSA) is 83.0 Å². The number of amides is 2. The molecule has 3 aromatic rings. The van der Waals surface area contributed by atoms with Gasteiger partial charge in [-0.25, -0.2) is 9.78 Å². The smallest absolute Gasteiger partial charge is 0.408 e. The molecule has 37 heavy (non-hydrogen) atoms. The van der Waals surface area contributed by atoms with Gasteiger partial charge in [0.2, 0.25) is 5.88 Å². The van der Waals surface area contributed by atoms with Crippen molar-refractivity contribution in [1.82, 2.24) is 9.88 Å². The maximum Gasteiger partial charge on any atom is 0.408 e. The van der Waals surface area contributed by atoms with E-state index in [9.17, 15) is 27.9 Å². The Bertz CT molecular complexity index is 1300. The molecule has 0 aliphatic carbocycles. The van der Waals surface area contributed by atoms with Crippen LogP contribution in [-0.2, 0) is 11.3 Å². The number of alkyl halides is 3. The summed E-state index contributed by atoms with van der Waals surface area (Å²) in [7, 11) is 0. The van der Waals surface area contributed by atoms with Crippen LogP contribution in [0.15, 0.2) is 60.7 Å². The zero-order valence-corrected chi connectivity index (χ0v) is 20.5. The van der Waals surface area contributed by atoms with Crippen LogP contribution in [0.2, 0.25) is 0 Å². The van der Waals surface area contributed by atoms with Crippen LogP contribution >= 0.6 is 0 Å². The molecule has 2 amide bonds. The maximum absolute atomic E-state index is 13.2. The molecule has 2 aromatic carbocycles. The van der Waals surface area contributed by atoms with Crippen molar-refractivity contribution < 1.29 is 32.6 Å². The summed E-state index contributed by atoms with van der Waals surface area (Å²) in [5.41, 5.74) is 2.47. The second kappa shape index (κ2) is 9.76. The van der Waals surface area contributed by atoms with Crippen LogP contribution in [0, 0.1) is 0 Å². The van der Waals surface area contributed by atoms with Gasteiger partial charge in [0, 0.05) is 23.2 Å². The van der Waals surface area contributed by atoms with Crippen molar-refractivity contribution in [2.24, 2.45) is 0 Å². The van der Waals surface area contributed by atoms with Crippen molar-refractivity contribution in [3.05, 3.63) is 66.2 Å². The minimum atomic E-state index is -4.59. The molecule has 0 atom stereocenters. The van der Waals surface area contributed by atoms with Crippen molar-refractivity contribution >= 4 is 17.7 Å². The van der Waals surface area contributed by atoms with Crippen LogP contribution in [0.1, 0.15) is 26.3 Å². The number of nitrogens with zero attached hydrogens (tertiary/aromatic N) is 3. The molecule has 1 aliphatic rings. The standard InChI is InChI=1S/C27H26F3N3O4/c1-26(2,3)33(25(35)36)14-17-9-11-19(12-10-17)23-20(18-7-5-4-6-8-18)13-21-24(31-23)37-15-22(34)32(21)16-27(28,29)30/h4-13H,14-16H2,1-3H3,(H,35,36). The normalized spacial score (nSPS) is 13.7. The zero-order valence-electron chi connectivity index (χ0n) is 20.5. The van der Waals surface area contributed by atoms with Gasteiger partial charge < -0.3 is 9.84 Å². The Hall–Kier alpha value is -4.08.